The lowest BCUT2D eigenvalue weighted by atomic mass is 9.68. The Morgan fingerprint density at radius 3 is 1.45 bits per heavy atom. The maximum Gasteiger partial charge on any atom is 0.344 e. The van der Waals surface area contributed by atoms with Gasteiger partial charge in [-0.3, -0.25) is 4.79 Å². The highest BCUT2D eigenvalue weighted by Crippen LogP contribution is 2.43. The third-order valence-corrected chi connectivity index (χ3v) is 6.82. The zero-order chi connectivity index (χ0) is 31.9. The molecule has 0 radical (unpaired) electrons. The predicted molar refractivity (Wildman–Crippen MR) is 153 cm³/mol. The molecular formula is C34H24F6O4. The molecule has 0 aliphatic rings. The molecule has 4 rings (SSSR count). The highest BCUT2D eigenvalue weighted by Gasteiger charge is 2.37. The number of rotatable bonds is 11. The molecule has 44 heavy (non-hydrogen) atoms. The van der Waals surface area contributed by atoms with Gasteiger partial charge in [-0.2, -0.15) is 26.3 Å². The SMILES string of the molecule is COc1ccc(C=C(C(=O)c2ccccc2)C(C)(c2ccc(OC(F)=C(F)F)cc2)c2ccc(OC(F)=C(F)F)cc2)cc1. The summed E-state index contributed by atoms with van der Waals surface area (Å²) in [4.78, 5) is 14.2. The largest absolute Gasteiger partial charge is 0.497 e. The van der Waals surface area contributed by atoms with E-state index in [1.807, 2.05) is 0 Å². The predicted octanol–water partition coefficient (Wildman–Crippen LogP) is 9.80. The molecule has 4 aromatic rings. The van der Waals surface area contributed by atoms with Gasteiger partial charge in [-0.15, -0.1) is 0 Å². The van der Waals surface area contributed by atoms with E-state index in [2.05, 4.69) is 9.47 Å². The van der Waals surface area contributed by atoms with Crippen molar-refractivity contribution in [1.29, 1.82) is 0 Å². The molecule has 226 valence electrons. The van der Waals surface area contributed by atoms with Crippen LogP contribution in [0.15, 0.2) is 133 Å². The van der Waals surface area contributed by atoms with Crippen LogP contribution in [-0.2, 0) is 5.41 Å². The number of carbonyl (C=O) groups is 1. The third-order valence-electron chi connectivity index (χ3n) is 6.82. The minimum absolute atomic E-state index is 0.226. The molecule has 0 atom stereocenters. The molecule has 0 amide bonds. The number of Topliss-reactive ketones (excluding diaryl/α,β-unsaturated/α-hetero) is 1. The van der Waals surface area contributed by atoms with Crippen molar-refractivity contribution >= 4 is 11.9 Å². The van der Waals surface area contributed by atoms with Gasteiger partial charge in [-0.25, -0.2) is 0 Å². The third kappa shape index (κ3) is 7.20. The number of benzene rings is 4. The molecule has 0 spiro atoms. The van der Waals surface area contributed by atoms with Crippen LogP contribution in [0.3, 0.4) is 0 Å². The zero-order valence-electron chi connectivity index (χ0n) is 23.3. The first-order chi connectivity index (χ1) is 21.0. The van der Waals surface area contributed by atoms with Crippen molar-refractivity contribution in [2.45, 2.75) is 12.3 Å². The molecule has 0 saturated carbocycles. The Bertz CT molecular complexity index is 1620. The molecule has 0 fully saturated rings. The smallest absolute Gasteiger partial charge is 0.344 e. The van der Waals surface area contributed by atoms with Gasteiger partial charge in [-0.05, 0) is 66.1 Å². The Balaban J connectivity index is 1.93. The molecule has 4 aromatic carbocycles. The molecule has 0 unspecified atom stereocenters. The number of allylic oxidation sites excluding steroid dienone is 1. The Morgan fingerprint density at radius 1 is 0.614 bits per heavy atom. The van der Waals surface area contributed by atoms with Gasteiger partial charge < -0.3 is 14.2 Å². The molecule has 0 aliphatic carbocycles. The second-order valence-electron chi connectivity index (χ2n) is 9.47. The minimum atomic E-state index is -2.63. The van der Waals surface area contributed by atoms with Crippen molar-refractivity contribution in [1.82, 2.24) is 0 Å². The molecule has 10 heteroatoms. The lowest BCUT2D eigenvalue weighted by Gasteiger charge is -2.34. The van der Waals surface area contributed by atoms with Crippen LogP contribution in [0.25, 0.3) is 6.08 Å². The first kappa shape index (κ1) is 31.7. The first-order valence-electron chi connectivity index (χ1n) is 13.0. The normalized spacial score (nSPS) is 11.4. The quantitative estimate of drug-likeness (QED) is 0.0734. The second-order valence-corrected chi connectivity index (χ2v) is 9.47. The van der Waals surface area contributed by atoms with Crippen molar-refractivity contribution in [2.24, 2.45) is 0 Å². The van der Waals surface area contributed by atoms with Crippen molar-refractivity contribution in [2.75, 3.05) is 7.11 Å². The molecule has 0 N–H and O–H groups in total. The molecule has 0 aliphatic heterocycles. The zero-order valence-corrected chi connectivity index (χ0v) is 23.3. The van der Waals surface area contributed by atoms with E-state index < -0.39 is 29.6 Å². The van der Waals surface area contributed by atoms with E-state index in [0.717, 1.165) is 0 Å². The fourth-order valence-corrected chi connectivity index (χ4v) is 4.52. The molecule has 4 nitrogen and oxygen atoms in total. The summed E-state index contributed by atoms with van der Waals surface area (Å²) in [7, 11) is 1.51. The van der Waals surface area contributed by atoms with Crippen LogP contribution in [0.2, 0.25) is 0 Å². The average Bonchev–Trinajstić information content (AvgIpc) is 3.04. The topological polar surface area (TPSA) is 44.8 Å². The minimum Gasteiger partial charge on any atom is -0.497 e. The van der Waals surface area contributed by atoms with E-state index >= 15 is 0 Å². The number of ether oxygens (including phenoxy) is 3. The Kier molecular flexibility index (Phi) is 9.95. The van der Waals surface area contributed by atoms with Gasteiger partial charge in [0.25, 0.3) is 0 Å². The van der Waals surface area contributed by atoms with Crippen LogP contribution in [0, 0.1) is 0 Å². The summed E-state index contributed by atoms with van der Waals surface area (Å²) in [6.45, 7) is 1.72. The summed E-state index contributed by atoms with van der Waals surface area (Å²) in [6, 6.07) is 22.2. The number of halogens is 6. The van der Waals surface area contributed by atoms with Crippen molar-refractivity contribution in [3.8, 4) is 17.2 Å². The van der Waals surface area contributed by atoms with E-state index in [1.165, 1.54) is 55.6 Å². The van der Waals surface area contributed by atoms with E-state index in [4.69, 9.17) is 4.74 Å². The van der Waals surface area contributed by atoms with Crippen LogP contribution >= 0.6 is 0 Å². The Hall–Kier alpha value is -5.25. The van der Waals surface area contributed by atoms with Crippen LogP contribution in [0.1, 0.15) is 34.0 Å². The van der Waals surface area contributed by atoms with Crippen LogP contribution in [0.5, 0.6) is 17.2 Å². The number of methoxy groups -OCH3 is 1. The Labute approximate surface area is 249 Å². The van der Waals surface area contributed by atoms with Crippen molar-refractivity contribution < 1.29 is 45.3 Å². The second kappa shape index (κ2) is 13.8. The van der Waals surface area contributed by atoms with Gasteiger partial charge in [0.1, 0.15) is 17.2 Å². The lowest BCUT2D eigenvalue weighted by Crippen LogP contribution is -2.31. The summed E-state index contributed by atoms with van der Waals surface area (Å²) in [5, 5.41) is 0. The van der Waals surface area contributed by atoms with Crippen molar-refractivity contribution in [3.63, 3.8) is 0 Å². The van der Waals surface area contributed by atoms with Gasteiger partial charge >= 0.3 is 24.2 Å². The van der Waals surface area contributed by atoms with Crippen molar-refractivity contribution in [3.05, 3.63) is 155 Å². The number of hydrogen-bond acceptors (Lipinski definition) is 4. The maximum atomic E-state index is 14.2. The van der Waals surface area contributed by atoms with Crippen LogP contribution in [0.4, 0.5) is 26.3 Å². The number of hydrogen-bond donors (Lipinski definition) is 0. The summed E-state index contributed by atoms with van der Waals surface area (Å²) in [5.74, 6) is -0.234. The van der Waals surface area contributed by atoms with Gasteiger partial charge in [0.05, 0.1) is 7.11 Å². The van der Waals surface area contributed by atoms with Crippen LogP contribution in [-0.4, -0.2) is 12.9 Å². The summed E-state index contributed by atoms with van der Waals surface area (Å²) < 4.78 is 91.8. The highest BCUT2D eigenvalue weighted by atomic mass is 19.3. The first-order valence-corrected chi connectivity index (χ1v) is 13.0. The van der Waals surface area contributed by atoms with Gasteiger partial charge in [0, 0.05) is 16.6 Å². The molecule has 0 aromatic heterocycles. The standard InChI is InChI=1S/C34H24F6O4/c1-34(23-10-16-26(17-11-23)43-32(39)30(35)36,24-12-18-27(19-13-24)44-33(40)31(37)38)28(29(41)22-6-4-3-5-7-22)20-21-8-14-25(42-2)15-9-21/h3-20H,1-2H3. The molecule has 0 saturated heterocycles. The maximum absolute atomic E-state index is 14.2. The van der Waals surface area contributed by atoms with E-state index in [0.29, 0.717) is 28.0 Å². The number of carbonyl (C=O) groups excluding carboxylic acids is 1. The molecular weight excluding hydrogens is 586 g/mol. The fourth-order valence-electron chi connectivity index (χ4n) is 4.52. The number of ketones is 1. The van der Waals surface area contributed by atoms with E-state index in [1.54, 1.807) is 67.6 Å². The van der Waals surface area contributed by atoms with Gasteiger partial charge in [-0.1, -0.05) is 66.7 Å². The van der Waals surface area contributed by atoms with Gasteiger partial charge in [0.15, 0.2) is 5.78 Å². The fraction of sp³-hybridized carbons (Fsp3) is 0.0882. The van der Waals surface area contributed by atoms with E-state index in [9.17, 15) is 31.1 Å². The highest BCUT2D eigenvalue weighted by molar-refractivity contribution is 6.13. The van der Waals surface area contributed by atoms with E-state index in [-0.39, 0.29) is 22.9 Å². The Morgan fingerprint density at radius 2 is 1.05 bits per heavy atom. The van der Waals surface area contributed by atoms with Crippen LogP contribution < -0.4 is 14.2 Å². The summed E-state index contributed by atoms with van der Waals surface area (Å²) in [6.07, 6.45) is -3.58. The lowest BCUT2D eigenvalue weighted by molar-refractivity contribution is 0.102. The summed E-state index contributed by atoms with van der Waals surface area (Å²) in [5.41, 5.74) is 0.825. The van der Waals surface area contributed by atoms with Gasteiger partial charge in [0.2, 0.25) is 0 Å². The molecule has 0 bridgehead atoms. The summed E-state index contributed by atoms with van der Waals surface area (Å²) >= 11 is 0. The monoisotopic (exact) mass is 610 g/mol. The average molecular weight is 611 g/mol. The molecule has 0 heterocycles.